The van der Waals surface area contributed by atoms with Crippen LogP contribution in [0.3, 0.4) is 0 Å². The molecule has 5 nitrogen and oxygen atoms in total. The molecule has 23 heavy (non-hydrogen) atoms. The van der Waals surface area contributed by atoms with Crippen LogP contribution >= 0.6 is 11.6 Å². The SMILES string of the molecule is O=C(c1ccc(Cl)cc1)N1CCN(Cc2ccc(=O)[nH]c2)CC1. The summed E-state index contributed by atoms with van der Waals surface area (Å²) in [4.78, 5) is 30.3. The Morgan fingerprint density at radius 3 is 2.35 bits per heavy atom. The Labute approximate surface area is 139 Å². The number of carbonyl (C=O) groups excluding carboxylic acids is 1. The molecule has 1 fully saturated rings. The first kappa shape index (κ1) is 15.8. The molecule has 0 spiro atoms. The minimum Gasteiger partial charge on any atom is -0.336 e. The average molecular weight is 332 g/mol. The van der Waals surface area contributed by atoms with Crippen molar-refractivity contribution in [1.29, 1.82) is 0 Å². The van der Waals surface area contributed by atoms with Crippen molar-refractivity contribution in [2.75, 3.05) is 26.2 Å². The fourth-order valence-corrected chi connectivity index (χ4v) is 2.81. The largest absolute Gasteiger partial charge is 0.336 e. The maximum atomic E-state index is 12.4. The molecule has 1 aliphatic rings. The van der Waals surface area contributed by atoms with E-state index in [0.29, 0.717) is 23.7 Å². The van der Waals surface area contributed by atoms with Crippen LogP contribution in [0.5, 0.6) is 0 Å². The predicted octanol–water partition coefficient (Wildman–Crippen LogP) is 1.99. The third-order valence-electron chi connectivity index (χ3n) is 4.01. The van der Waals surface area contributed by atoms with Gasteiger partial charge in [-0.05, 0) is 29.8 Å². The van der Waals surface area contributed by atoms with Crippen LogP contribution in [0, 0.1) is 0 Å². The second kappa shape index (κ2) is 6.98. The summed E-state index contributed by atoms with van der Waals surface area (Å²) in [6.45, 7) is 3.81. The molecule has 120 valence electrons. The highest BCUT2D eigenvalue weighted by atomic mass is 35.5. The molecule has 1 aromatic heterocycles. The third-order valence-corrected chi connectivity index (χ3v) is 4.26. The lowest BCUT2D eigenvalue weighted by Crippen LogP contribution is -2.48. The summed E-state index contributed by atoms with van der Waals surface area (Å²) in [6, 6.07) is 10.4. The number of pyridine rings is 1. The Hall–Kier alpha value is -2.11. The van der Waals surface area contributed by atoms with Gasteiger partial charge in [0.2, 0.25) is 5.56 Å². The van der Waals surface area contributed by atoms with Crippen LogP contribution in [0.2, 0.25) is 5.02 Å². The van der Waals surface area contributed by atoms with Crippen molar-refractivity contribution in [2.24, 2.45) is 0 Å². The van der Waals surface area contributed by atoms with Crippen molar-refractivity contribution in [3.8, 4) is 0 Å². The number of aromatic nitrogens is 1. The molecular formula is C17H18ClN3O2. The number of benzene rings is 1. The summed E-state index contributed by atoms with van der Waals surface area (Å²) >= 11 is 5.85. The molecular weight excluding hydrogens is 314 g/mol. The van der Waals surface area contributed by atoms with E-state index in [9.17, 15) is 9.59 Å². The Balaban J connectivity index is 1.55. The number of nitrogens with zero attached hydrogens (tertiary/aromatic N) is 2. The van der Waals surface area contributed by atoms with E-state index >= 15 is 0 Å². The standard InChI is InChI=1S/C17H18ClN3O2/c18-15-4-2-14(3-5-15)17(23)21-9-7-20(8-10-21)12-13-1-6-16(22)19-11-13/h1-6,11H,7-10,12H2,(H,19,22). The van der Waals surface area contributed by atoms with E-state index in [1.807, 2.05) is 11.0 Å². The van der Waals surface area contributed by atoms with Crippen LogP contribution in [0.15, 0.2) is 47.4 Å². The fourth-order valence-electron chi connectivity index (χ4n) is 2.68. The molecule has 1 aliphatic heterocycles. The molecule has 0 radical (unpaired) electrons. The number of nitrogens with one attached hydrogen (secondary N) is 1. The second-order valence-corrected chi connectivity index (χ2v) is 6.07. The number of H-pyrrole nitrogens is 1. The van der Waals surface area contributed by atoms with E-state index < -0.39 is 0 Å². The molecule has 1 N–H and O–H groups in total. The Bertz CT molecular complexity index is 714. The van der Waals surface area contributed by atoms with Gasteiger partial charge in [-0.15, -0.1) is 0 Å². The lowest BCUT2D eigenvalue weighted by Gasteiger charge is -2.34. The molecule has 0 bridgehead atoms. The van der Waals surface area contributed by atoms with Gasteiger partial charge in [-0.1, -0.05) is 17.7 Å². The number of aromatic amines is 1. The van der Waals surface area contributed by atoms with Crippen molar-refractivity contribution >= 4 is 17.5 Å². The van der Waals surface area contributed by atoms with Crippen molar-refractivity contribution < 1.29 is 4.79 Å². The van der Waals surface area contributed by atoms with Crippen molar-refractivity contribution in [1.82, 2.24) is 14.8 Å². The molecule has 0 atom stereocenters. The molecule has 1 saturated heterocycles. The lowest BCUT2D eigenvalue weighted by molar-refractivity contribution is 0.0628. The highest BCUT2D eigenvalue weighted by molar-refractivity contribution is 6.30. The maximum Gasteiger partial charge on any atom is 0.253 e. The molecule has 0 aliphatic carbocycles. The second-order valence-electron chi connectivity index (χ2n) is 5.64. The molecule has 2 heterocycles. The fraction of sp³-hybridized carbons (Fsp3) is 0.294. The van der Waals surface area contributed by atoms with Gasteiger partial charge in [-0.2, -0.15) is 0 Å². The summed E-state index contributed by atoms with van der Waals surface area (Å²) in [5.74, 6) is 0.0466. The summed E-state index contributed by atoms with van der Waals surface area (Å²) in [5, 5.41) is 0.632. The molecule has 1 aromatic carbocycles. The predicted molar refractivity (Wildman–Crippen MR) is 89.7 cm³/mol. The third kappa shape index (κ3) is 4.00. The van der Waals surface area contributed by atoms with E-state index in [0.717, 1.165) is 25.2 Å². The Kier molecular flexibility index (Phi) is 4.79. The lowest BCUT2D eigenvalue weighted by atomic mass is 10.1. The number of rotatable bonds is 3. The van der Waals surface area contributed by atoms with Gasteiger partial charge < -0.3 is 9.88 Å². The van der Waals surface area contributed by atoms with E-state index in [1.165, 1.54) is 6.07 Å². The summed E-state index contributed by atoms with van der Waals surface area (Å²) in [6.07, 6.45) is 1.74. The minimum absolute atomic E-state index is 0.0466. The maximum absolute atomic E-state index is 12.4. The Morgan fingerprint density at radius 2 is 1.74 bits per heavy atom. The zero-order valence-corrected chi connectivity index (χ0v) is 13.4. The number of carbonyl (C=O) groups is 1. The van der Waals surface area contributed by atoms with Gasteiger partial charge in [0.1, 0.15) is 0 Å². The first-order valence-corrected chi connectivity index (χ1v) is 7.94. The number of hydrogen-bond acceptors (Lipinski definition) is 3. The Morgan fingerprint density at radius 1 is 1.04 bits per heavy atom. The summed E-state index contributed by atoms with van der Waals surface area (Å²) in [5.41, 5.74) is 1.65. The smallest absolute Gasteiger partial charge is 0.253 e. The van der Waals surface area contributed by atoms with Gasteiger partial charge in [-0.25, -0.2) is 0 Å². The highest BCUT2D eigenvalue weighted by Crippen LogP contribution is 2.14. The van der Waals surface area contributed by atoms with Gasteiger partial charge in [0.05, 0.1) is 0 Å². The van der Waals surface area contributed by atoms with Crippen LogP contribution in [-0.2, 0) is 6.54 Å². The summed E-state index contributed by atoms with van der Waals surface area (Å²) < 4.78 is 0. The van der Waals surface area contributed by atoms with Crippen LogP contribution in [0.25, 0.3) is 0 Å². The summed E-state index contributed by atoms with van der Waals surface area (Å²) in [7, 11) is 0. The van der Waals surface area contributed by atoms with Crippen LogP contribution in [0.4, 0.5) is 0 Å². The van der Waals surface area contributed by atoms with E-state index in [4.69, 9.17) is 11.6 Å². The van der Waals surface area contributed by atoms with Gasteiger partial charge in [-0.3, -0.25) is 14.5 Å². The first-order chi connectivity index (χ1) is 11.1. The number of hydrogen-bond donors (Lipinski definition) is 1. The number of halogens is 1. The average Bonchev–Trinajstić information content (AvgIpc) is 2.58. The molecule has 3 rings (SSSR count). The molecule has 0 saturated carbocycles. The van der Waals surface area contributed by atoms with Gasteiger partial charge in [0.25, 0.3) is 5.91 Å². The van der Waals surface area contributed by atoms with Gasteiger partial charge in [0.15, 0.2) is 0 Å². The van der Waals surface area contributed by atoms with Crippen molar-refractivity contribution in [3.05, 3.63) is 69.1 Å². The van der Waals surface area contributed by atoms with Crippen molar-refractivity contribution in [3.63, 3.8) is 0 Å². The van der Waals surface area contributed by atoms with Crippen molar-refractivity contribution in [2.45, 2.75) is 6.54 Å². The topological polar surface area (TPSA) is 56.4 Å². The minimum atomic E-state index is -0.0906. The highest BCUT2D eigenvalue weighted by Gasteiger charge is 2.22. The molecule has 2 aromatic rings. The zero-order chi connectivity index (χ0) is 16.2. The van der Waals surface area contributed by atoms with Gasteiger partial charge in [0, 0.05) is 55.6 Å². The van der Waals surface area contributed by atoms with Crippen LogP contribution in [-0.4, -0.2) is 46.9 Å². The molecule has 0 unspecified atom stereocenters. The first-order valence-electron chi connectivity index (χ1n) is 7.56. The molecule has 1 amide bonds. The van der Waals surface area contributed by atoms with Crippen LogP contribution < -0.4 is 5.56 Å². The quantitative estimate of drug-likeness (QED) is 0.935. The van der Waals surface area contributed by atoms with Gasteiger partial charge >= 0.3 is 0 Å². The molecule has 6 heteroatoms. The van der Waals surface area contributed by atoms with E-state index in [-0.39, 0.29) is 11.5 Å². The van der Waals surface area contributed by atoms with Crippen LogP contribution in [0.1, 0.15) is 15.9 Å². The number of amides is 1. The zero-order valence-electron chi connectivity index (χ0n) is 12.7. The van der Waals surface area contributed by atoms with E-state index in [2.05, 4.69) is 9.88 Å². The monoisotopic (exact) mass is 331 g/mol. The van der Waals surface area contributed by atoms with E-state index in [1.54, 1.807) is 30.5 Å². The number of piperazine rings is 1. The normalized spacial score (nSPS) is 15.6.